The topological polar surface area (TPSA) is 83.8 Å². The highest BCUT2D eigenvalue weighted by Crippen LogP contribution is 2.33. The number of thiazole rings is 1. The number of likely N-dealkylation sites (N-methyl/N-ethyl adjacent to an activating group) is 1. The fourth-order valence-corrected chi connectivity index (χ4v) is 5.90. The Kier molecular flexibility index (Phi) is 5.94. The fourth-order valence-electron chi connectivity index (χ4n) is 4.63. The predicted molar refractivity (Wildman–Crippen MR) is 137 cm³/mol. The maximum atomic E-state index is 13.9. The summed E-state index contributed by atoms with van der Waals surface area (Å²) in [4.78, 5) is 47.3. The lowest BCUT2D eigenvalue weighted by atomic mass is 9.94. The van der Waals surface area contributed by atoms with Gasteiger partial charge in [0.25, 0.3) is 17.4 Å². The second kappa shape index (κ2) is 8.94. The molecule has 3 aromatic rings. The number of amides is 2. The summed E-state index contributed by atoms with van der Waals surface area (Å²) in [5, 5.41) is 3.39. The van der Waals surface area contributed by atoms with Gasteiger partial charge in [-0.15, -0.1) is 0 Å². The van der Waals surface area contributed by atoms with Crippen molar-refractivity contribution < 1.29 is 9.59 Å². The van der Waals surface area contributed by atoms with Gasteiger partial charge < -0.3 is 10.2 Å². The Morgan fingerprint density at radius 3 is 2.49 bits per heavy atom. The van der Waals surface area contributed by atoms with E-state index >= 15 is 0 Å². The summed E-state index contributed by atoms with van der Waals surface area (Å²) in [6, 6.07) is 13.7. The molecule has 7 nitrogen and oxygen atoms in total. The van der Waals surface area contributed by atoms with Crippen LogP contribution in [0.5, 0.6) is 0 Å². The highest BCUT2D eigenvalue weighted by Gasteiger charge is 2.35. The minimum atomic E-state index is -0.689. The van der Waals surface area contributed by atoms with E-state index in [-0.39, 0.29) is 17.4 Å². The molecular weight excluding hydrogens is 484 g/mol. The average Bonchev–Trinajstić information content (AvgIpc) is 3.34. The van der Waals surface area contributed by atoms with Crippen LogP contribution in [0, 0.1) is 0 Å². The summed E-state index contributed by atoms with van der Waals surface area (Å²) in [5.41, 5.74) is 3.06. The molecule has 3 heterocycles. The van der Waals surface area contributed by atoms with Crippen LogP contribution in [-0.2, 0) is 9.59 Å². The van der Waals surface area contributed by atoms with Gasteiger partial charge in [0.2, 0.25) is 0 Å². The second-order valence-electron chi connectivity index (χ2n) is 8.31. The van der Waals surface area contributed by atoms with Crippen molar-refractivity contribution in [2.24, 2.45) is 4.99 Å². The highest BCUT2D eigenvalue weighted by atomic mass is 35.5. The Labute approximate surface area is 210 Å². The molecule has 5 rings (SSSR count). The molecule has 0 spiro atoms. The monoisotopic (exact) mass is 506 g/mol. The highest BCUT2D eigenvalue weighted by molar-refractivity contribution is 7.07. The van der Waals surface area contributed by atoms with Crippen molar-refractivity contribution in [2.75, 3.05) is 18.4 Å². The molecule has 0 radical (unpaired) electrons. The molecule has 1 aromatic heterocycles. The number of rotatable bonds is 4. The molecule has 0 bridgehead atoms. The van der Waals surface area contributed by atoms with E-state index in [0.717, 1.165) is 5.56 Å². The quantitative estimate of drug-likeness (QED) is 0.590. The summed E-state index contributed by atoms with van der Waals surface area (Å²) in [6.07, 6.45) is 0. The molecule has 1 unspecified atom stereocenters. The first-order valence-corrected chi connectivity index (χ1v) is 12.6. The van der Waals surface area contributed by atoms with Gasteiger partial charge in [-0.05, 0) is 44.5 Å². The van der Waals surface area contributed by atoms with Crippen molar-refractivity contribution in [1.29, 1.82) is 0 Å². The van der Waals surface area contributed by atoms with Crippen molar-refractivity contribution in [1.82, 2.24) is 9.47 Å². The van der Waals surface area contributed by atoms with Crippen LogP contribution >= 0.6 is 22.9 Å². The summed E-state index contributed by atoms with van der Waals surface area (Å²) >= 11 is 7.31. The third-order valence-corrected chi connectivity index (χ3v) is 7.67. The van der Waals surface area contributed by atoms with Gasteiger partial charge in [-0.1, -0.05) is 53.3 Å². The number of fused-ring (bicyclic) bond motifs is 2. The number of anilines is 1. The van der Waals surface area contributed by atoms with Crippen molar-refractivity contribution in [3.63, 3.8) is 0 Å². The third kappa shape index (κ3) is 3.73. The maximum Gasteiger partial charge on any atom is 0.271 e. The molecular formula is C26H23ClN4O3S. The number of nitrogens with zero attached hydrogens (tertiary/aromatic N) is 3. The zero-order valence-electron chi connectivity index (χ0n) is 19.5. The summed E-state index contributed by atoms with van der Waals surface area (Å²) < 4.78 is 1.84. The van der Waals surface area contributed by atoms with Crippen LogP contribution in [0.1, 0.15) is 37.9 Å². The Bertz CT molecular complexity index is 1580. The molecule has 0 saturated heterocycles. The molecule has 2 aromatic carbocycles. The van der Waals surface area contributed by atoms with Crippen LogP contribution in [0.3, 0.4) is 0 Å². The zero-order chi connectivity index (χ0) is 24.9. The molecule has 0 fully saturated rings. The van der Waals surface area contributed by atoms with Crippen LogP contribution in [0.2, 0.25) is 5.02 Å². The number of para-hydroxylation sites is 1. The minimum Gasteiger partial charge on any atom is -0.339 e. The van der Waals surface area contributed by atoms with Gasteiger partial charge in [-0.25, -0.2) is 4.99 Å². The molecule has 178 valence electrons. The molecule has 0 aliphatic carbocycles. The lowest BCUT2D eigenvalue weighted by Gasteiger charge is -2.29. The van der Waals surface area contributed by atoms with Crippen LogP contribution in [0.15, 0.2) is 69.6 Å². The molecule has 2 aliphatic heterocycles. The van der Waals surface area contributed by atoms with Crippen LogP contribution < -0.4 is 20.2 Å². The van der Waals surface area contributed by atoms with Crippen LogP contribution in [-0.4, -0.2) is 34.4 Å². The molecule has 2 amide bonds. The average molecular weight is 507 g/mol. The number of aromatic nitrogens is 1. The molecule has 1 atom stereocenters. The third-order valence-electron chi connectivity index (χ3n) is 6.36. The van der Waals surface area contributed by atoms with Crippen LogP contribution in [0.4, 0.5) is 5.69 Å². The number of hydrogen-bond acceptors (Lipinski definition) is 5. The largest absolute Gasteiger partial charge is 0.339 e. The van der Waals surface area contributed by atoms with Gasteiger partial charge in [-0.3, -0.25) is 19.0 Å². The lowest BCUT2D eigenvalue weighted by Crippen LogP contribution is -2.43. The number of halogens is 1. The Hall–Kier alpha value is -3.49. The maximum absolute atomic E-state index is 13.9. The summed E-state index contributed by atoms with van der Waals surface area (Å²) in [6.45, 7) is 6.69. The van der Waals surface area contributed by atoms with E-state index < -0.39 is 6.04 Å². The van der Waals surface area contributed by atoms with Gasteiger partial charge in [0.15, 0.2) is 4.80 Å². The van der Waals surface area contributed by atoms with Gasteiger partial charge in [0, 0.05) is 29.4 Å². The summed E-state index contributed by atoms with van der Waals surface area (Å²) in [5.74, 6) is -0.493. The number of nitrogens with one attached hydrogen (secondary N) is 1. The fraction of sp³-hybridized carbons (Fsp3) is 0.231. The van der Waals surface area contributed by atoms with Crippen molar-refractivity contribution in [2.45, 2.75) is 26.8 Å². The lowest BCUT2D eigenvalue weighted by molar-refractivity contribution is -0.127. The molecule has 9 heteroatoms. The van der Waals surface area contributed by atoms with E-state index in [2.05, 4.69) is 10.3 Å². The van der Waals surface area contributed by atoms with Crippen molar-refractivity contribution in [3.05, 3.63) is 95.6 Å². The first kappa shape index (κ1) is 23.3. The van der Waals surface area contributed by atoms with Gasteiger partial charge in [-0.2, -0.15) is 0 Å². The second-order valence-corrected chi connectivity index (χ2v) is 9.72. The van der Waals surface area contributed by atoms with E-state index in [1.807, 2.05) is 44.2 Å². The number of carbonyl (C=O) groups is 2. The van der Waals surface area contributed by atoms with Crippen molar-refractivity contribution in [3.8, 4) is 0 Å². The predicted octanol–water partition coefficient (Wildman–Crippen LogP) is 3.08. The van der Waals surface area contributed by atoms with E-state index in [4.69, 9.17) is 11.6 Å². The van der Waals surface area contributed by atoms with Crippen LogP contribution in [0.25, 0.3) is 5.57 Å². The SMILES string of the molecule is CCN(CC)C(=O)C1=C(C)N=c2s/c(=C3\C(=O)Nc4ccccc43)c(=O)n2C1c1ccc(Cl)cc1. The first-order chi connectivity index (χ1) is 16.8. The smallest absolute Gasteiger partial charge is 0.271 e. The standard InChI is InChI=1S/C26H23ClN4O3S/c1-4-30(5-2)24(33)19-14(3)28-26-31(21(19)15-10-12-16(27)13-11-15)25(34)22(35-26)20-17-8-6-7-9-18(17)29-23(20)32/h6-13,21H,4-5H2,1-3H3,(H,29,32)/b22-20-. The Balaban J connectivity index is 1.81. The minimum absolute atomic E-state index is 0.168. The van der Waals surface area contributed by atoms with E-state index in [1.54, 1.807) is 30.0 Å². The van der Waals surface area contributed by atoms with E-state index in [1.165, 1.54) is 15.9 Å². The van der Waals surface area contributed by atoms with Gasteiger partial charge in [0.05, 0.1) is 22.9 Å². The number of benzene rings is 2. The Morgan fingerprint density at radius 2 is 1.80 bits per heavy atom. The number of allylic oxidation sites excluding steroid dienone is 1. The molecule has 35 heavy (non-hydrogen) atoms. The molecule has 2 aliphatic rings. The van der Waals surface area contributed by atoms with Gasteiger partial charge in [0.1, 0.15) is 4.53 Å². The van der Waals surface area contributed by atoms with E-state index in [0.29, 0.717) is 55.5 Å². The Morgan fingerprint density at radius 1 is 1.11 bits per heavy atom. The van der Waals surface area contributed by atoms with Crippen molar-refractivity contribution >= 4 is 46.0 Å². The zero-order valence-corrected chi connectivity index (χ0v) is 21.0. The summed E-state index contributed by atoms with van der Waals surface area (Å²) in [7, 11) is 0. The number of hydrogen-bond donors (Lipinski definition) is 1. The first-order valence-electron chi connectivity index (χ1n) is 11.4. The molecule has 1 N–H and O–H groups in total. The number of carbonyl (C=O) groups excluding carboxylic acids is 2. The van der Waals surface area contributed by atoms with Gasteiger partial charge >= 0.3 is 0 Å². The molecule has 0 saturated carbocycles. The van der Waals surface area contributed by atoms with E-state index in [9.17, 15) is 14.4 Å². The normalized spacial score (nSPS) is 18.1.